The Bertz CT molecular complexity index is 699. The van der Waals surface area contributed by atoms with Crippen molar-refractivity contribution in [3.63, 3.8) is 0 Å². The Balaban J connectivity index is 1.78. The highest BCUT2D eigenvalue weighted by Gasteiger charge is 2.29. The summed E-state index contributed by atoms with van der Waals surface area (Å²) in [5.74, 6) is 0.409. The van der Waals surface area contributed by atoms with E-state index in [4.69, 9.17) is 4.42 Å². The molecule has 1 aliphatic rings. The second-order valence-corrected chi connectivity index (χ2v) is 6.20. The minimum Gasteiger partial charge on any atom is -0.420 e. The average Bonchev–Trinajstić information content (AvgIpc) is 3.04. The van der Waals surface area contributed by atoms with E-state index in [2.05, 4.69) is 10.2 Å². The van der Waals surface area contributed by atoms with Gasteiger partial charge in [-0.2, -0.15) is 0 Å². The quantitative estimate of drug-likeness (QED) is 0.872. The van der Waals surface area contributed by atoms with E-state index in [9.17, 15) is 9.18 Å². The lowest BCUT2D eigenvalue weighted by Gasteiger charge is -2.32. The van der Waals surface area contributed by atoms with E-state index in [0.29, 0.717) is 18.0 Å². The molecule has 0 aliphatic carbocycles. The van der Waals surface area contributed by atoms with Crippen LogP contribution in [0.1, 0.15) is 38.5 Å². The van der Waals surface area contributed by atoms with Gasteiger partial charge in [-0.05, 0) is 25.0 Å². The number of carbonyl (C=O) groups excluding carboxylic acids is 1. The first-order chi connectivity index (χ1) is 11.1. The van der Waals surface area contributed by atoms with E-state index in [1.54, 1.807) is 18.2 Å². The van der Waals surface area contributed by atoms with Gasteiger partial charge >= 0.3 is 0 Å². The number of rotatable bonds is 3. The summed E-state index contributed by atoms with van der Waals surface area (Å²) in [5.41, 5.74) is 0.303. The van der Waals surface area contributed by atoms with Crippen molar-refractivity contribution in [1.82, 2.24) is 15.1 Å². The highest BCUT2D eigenvalue weighted by Crippen LogP contribution is 2.29. The number of amides is 1. The molecule has 0 spiro atoms. The zero-order valence-electron chi connectivity index (χ0n) is 13.3. The number of nitrogens with zero attached hydrogens (tertiary/aromatic N) is 3. The lowest BCUT2D eigenvalue weighted by atomic mass is 9.97. The van der Waals surface area contributed by atoms with Crippen molar-refractivity contribution in [2.45, 2.75) is 32.6 Å². The predicted octanol–water partition coefficient (Wildman–Crippen LogP) is 3.24. The van der Waals surface area contributed by atoms with Gasteiger partial charge in [-0.3, -0.25) is 4.79 Å². The largest absolute Gasteiger partial charge is 0.420 e. The minimum atomic E-state index is -0.386. The molecule has 1 saturated heterocycles. The fraction of sp³-hybridized carbons (Fsp3) is 0.471. The van der Waals surface area contributed by atoms with Gasteiger partial charge in [-0.15, -0.1) is 10.2 Å². The molecule has 1 amide bonds. The van der Waals surface area contributed by atoms with Crippen molar-refractivity contribution in [3.8, 4) is 11.5 Å². The van der Waals surface area contributed by atoms with E-state index >= 15 is 0 Å². The van der Waals surface area contributed by atoms with Gasteiger partial charge in [0.05, 0.1) is 11.5 Å². The van der Waals surface area contributed by atoms with Crippen LogP contribution >= 0.6 is 0 Å². The molecule has 0 bridgehead atoms. The molecular weight excluding hydrogens is 297 g/mol. The molecule has 1 aliphatic heterocycles. The van der Waals surface area contributed by atoms with Gasteiger partial charge in [0.15, 0.2) is 0 Å². The van der Waals surface area contributed by atoms with Gasteiger partial charge in [0, 0.05) is 19.0 Å². The predicted molar refractivity (Wildman–Crippen MR) is 83.1 cm³/mol. The number of hydrogen-bond donors (Lipinski definition) is 0. The van der Waals surface area contributed by atoms with Gasteiger partial charge in [-0.25, -0.2) is 4.39 Å². The third-order valence-corrected chi connectivity index (χ3v) is 4.12. The Morgan fingerprint density at radius 3 is 2.87 bits per heavy atom. The first-order valence-corrected chi connectivity index (χ1v) is 7.93. The molecule has 3 rings (SSSR count). The molecule has 0 radical (unpaired) electrons. The molecule has 0 N–H and O–H groups in total. The molecule has 122 valence electrons. The Morgan fingerprint density at radius 2 is 2.13 bits per heavy atom. The third kappa shape index (κ3) is 3.25. The summed E-state index contributed by atoms with van der Waals surface area (Å²) in [6.07, 6.45) is 1.79. The van der Waals surface area contributed by atoms with Crippen LogP contribution in [0.4, 0.5) is 4.39 Å². The van der Waals surface area contributed by atoms with Crippen LogP contribution in [-0.4, -0.2) is 34.1 Å². The molecular formula is C17H20FN3O2. The number of piperidine rings is 1. The van der Waals surface area contributed by atoms with Crippen LogP contribution in [0, 0.1) is 11.7 Å². The minimum absolute atomic E-state index is 0.0134. The molecule has 6 heteroatoms. The van der Waals surface area contributed by atoms with Gasteiger partial charge in [0.1, 0.15) is 5.82 Å². The van der Waals surface area contributed by atoms with Crippen LogP contribution < -0.4 is 0 Å². The number of likely N-dealkylation sites (tertiary alicyclic amines) is 1. The summed E-state index contributed by atoms with van der Waals surface area (Å²) in [6.45, 7) is 5.14. The first-order valence-electron chi connectivity index (χ1n) is 7.93. The Hall–Kier alpha value is -2.24. The molecule has 1 aromatic carbocycles. The van der Waals surface area contributed by atoms with E-state index in [1.807, 2.05) is 18.7 Å². The Morgan fingerprint density at radius 1 is 1.35 bits per heavy atom. The molecule has 2 heterocycles. The summed E-state index contributed by atoms with van der Waals surface area (Å²) in [7, 11) is 0. The summed E-state index contributed by atoms with van der Waals surface area (Å²) in [5, 5.41) is 8.04. The maximum absolute atomic E-state index is 13.8. The van der Waals surface area contributed by atoms with Crippen molar-refractivity contribution in [2.24, 2.45) is 5.92 Å². The van der Waals surface area contributed by atoms with Crippen molar-refractivity contribution in [1.29, 1.82) is 0 Å². The van der Waals surface area contributed by atoms with Crippen LogP contribution in [-0.2, 0) is 4.79 Å². The number of benzene rings is 1. The van der Waals surface area contributed by atoms with Crippen molar-refractivity contribution >= 4 is 5.91 Å². The summed E-state index contributed by atoms with van der Waals surface area (Å²) in [4.78, 5) is 14.0. The normalized spacial score (nSPS) is 18.4. The van der Waals surface area contributed by atoms with E-state index in [1.165, 1.54) is 6.07 Å². The standard InChI is InChI=1S/C17H20FN3O2/c1-11(2)17(22)21-9-5-6-12(10-21)15-19-20-16(23-15)13-7-3-4-8-14(13)18/h3-4,7-8,11-12H,5-6,9-10H2,1-2H3/t12-/m0/s1. The highest BCUT2D eigenvalue weighted by atomic mass is 19.1. The zero-order chi connectivity index (χ0) is 16.4. The zero-order valence-corrected chi connectivity index (χ0v) is 13.3. The first kappa shape index (κ1) is 15.6. The smallest absolute Gasteiger partial charge is 0.250 e. The van der Waals surface area contributed by atoms with Crippen LogP contribution in [0.15, 0.2) is 28.7 Å². The van der Waals surface area contributed by atoms with Crippen molar-refractivity contribution in [3.05, 3.63) is 36.0 Å². The van der Waals surface area contributed by atoms with Gasteiger partial charge < -0.3 is 9.32 Å². The van der Waals surface area contributed by atoms with E-state index in [-0.39, 0.29) is 29.5 Å². The summed E-state index contributed by atoms with van der Waals surface area (Å²) >= 11 is 0. The Kier molecular flexibility index (Phi) is 4.41. The van der Waals surface area contributed by atoms with Crippen LogP contribution in [0.5, 0.6) is 0 Å². The van der Waals surface area contributed by atoms with Gasteiger partial charge in [-0.1, -0.05) is 26.0 Å². The number of hydrogen-bond acceptors (Lipinski definition) is 4. The molecule has 5 nitrogen and oxygen atoms in total. The number of carbonyl (C=O) groups is 1. The lowest BCUT2D eigenvalue weighted by molar-refractivity contribution is -0.135. The van der Waals surface area contributed by atoms with E-state index in [0.717, 1.165) is 19.4 Å². The average molecular weight is 317 g/mol. The lowest BCUT2D eigenvalue weighted by Crippen LogP contribution is -2.41. The summed E-state index contributed by atoms with van der Waals surface area (Å²) < 4.78 is 19.5. The molecule has 2 aromatic rings. The fourth-order valence-electron chi connectivity index (χ4n) is 2.89. The van der Waals surface area contributed by atoms with Gasteiger partial charge in [0.2, 0.25) is 11.8 Å². The fourth-order valence-corrected chi connectivity index (χ4v) is 2.89. The summed E-state index contributed by atoms with van der Waals surface area (Å²) in [6, 6.07) is 6.32. The number of aromatic nitrogens is 2. The number of halogens is 1. The van der Waals surface area contributed by atoms with Crippen LogP contribution in [0.2, 0.25) is 0 Å². The van der Waals surface area contributed by atoms with Crippen molar-refractivity contribution in [2.75, 3.05) is 13.1 Å². The maximum atomic E-state index is 13.8. The molecule has 1 atom stereocenters. The maximum Gasteiger partial charge on any atom is 0.250 e. The molecule has 0 unspecified atom stereocenters. The van der Waals surface area contributed by atoms with Gasteiger partial charge in [0.25, 0.3) is 5.89 Å². The van der Waals surface area contributed by atoms with Crippen LogP contribution in [0.25, 0.3) is 11.5 Å². The molecule has 1 aromatic heterocycles. The van der Waals surface area contributed by atoms with E-state index < -0.39 is 0 Å². The monoisotopic (exact) mass is 317 g/mol. The highest BCUT2D eigenvalue weighted by molar-refractivity contribution is 5.78. The molecule has 23 heavy (non-hydrogen) atoms. The SMILES string of the molecule is CC(C)C(=O)N1CCC[C@H](c2nnc(-c3ccccc3F)o2)C1. The molecule has 0 saturated carbocycles. The second kappa shape index (κ2) is 6.48. The van der Waals surface area contributed by atoms with Crippen LogP contribution in [0.3, 0.4) is 0 Å². The topological polar surface area (TPSA) is 59.2 Å². The third-order valence-electron chi connectivity index (χ3n) is 4.12. The van der Waals surface area contributed by atoms with Crippen molar-refractivity contribution < 1.29 is 13.6 Å². The molecule has 1 fully saturated rings. The second-order valence-electron chi connectivity index (χ2n) is 6.20. The Labute approximate surface area is 134 Å².